The highest BCUT2D eigenvalue weighted by Crippen LogP contribution is 2.27. The predicted molar refractivity (Wildman–Crippen MR) is 86.1 cm³/mol. The third-order valence-corrected chi connectivity index (χ3v) is 3.84. The fourth-order valence-electron chi connectivity index (χ4n) is 2.45. The Bertz CT molecular complexity index is 850. The van der Waals surface area contributed by atoms with E-state index in [1.54, 1.807) is 6.07 Å². The van der Waals surface area contributed by atoms with E-state index in [2.05, 4.69) is 4.99 Å². The summed E-state index contributed by atoms with van der Waals surface area (Å²) in [5.74, 6) is -0.582. The fourth-order valence-corrected chi connectivity index (χ4v) is 2.71. The number of aliphatic imine (C=N–C) groups is 1. The number of benzene rings is 1. The average Bonchev–Trinajstić information content (AvgIpc) is 2.97. The van der Waals surface area contributed by atoms with Gasteiger partial charge in [0.05, 0.1) is 17.3 Å². The SMILES string of the molecule is Cc1ccc2n(Cc3c(F)cc(N=C(N)N)cc3Cl)ccn12. The van der Waals surface area contributed by atoms with E-state index in [1.165, 1.54) is 6.07 Å². The molecule has 5 nitrogen and oxygen atoms in total. The standard InChI is InChI=1S/C15H15ClFN5/c1-9-2-3-14-21(4-5-22(9)14)8-11-12(16)6-10(7-13(11)17)20-15(18)19/h2-7H,8H2,1H3,(H4,18,19,20). The van der Waals surface area contributed by atoms with E-state index >= 15 is 0 Å². The fraction of sp³-hybridized carbons (Fsp3) is 0.133. The number of nitrogens with zero attached hydrogens (tertiary/aromatic N) is 3. The Balaban J connectivity index is 2.00. The van der Waals surface area contributed by atoms with Crippen molar-refractivity contribution in [2.45, 2.75) is 13.5 Å². The van der Waals surface area contributed by atoms with E-state index in [-0.39, 0.29) is 11.0 Å². The number of fused-ring (bicyclic) bond motifs is 1. The normalized spacial score (nSPS) is 11.0. The summed E-state index contributed by atoms with van der Waals surface area (Å²) in [6, 6.07) is 6.80. The molecule has 0 spiro atoms. The molecule has 0 saturated carbocycles. The lowest BCUT2D eigenvalue weighted by molar-refractivity contribution is 0.602. The molecule has 0 saturated heterocycles. The van der Waals surface area contributed by atoms with E-state index in [1.807, 2.05) is 40.4 Å². The van der Waals surface area contributed by atoms with Gasteiger partial charge in [-0.3, -0.25) is 0 Å². The summed E-state index contributed by atoms with van der Waals surface area (Å²) in [4.78, 5) is 3.81. The van der Waals surface area contributed by atoms with E-state index in [0.29, 0.717) is 17.8 Å². The van der Waals surface area contributed by atoms with Crippen LogP contribution in [0.2, 0.25) is 5.02 Å². The number of guanidine groups is 1. The van der Waals surface area contributed by atoms with Gasteiger partial charge in [0, 0.05) is 29.7 Å². The third-order valence-electron chi connectivity index (χ3n) is 3.50. The van der Waals surface area contributed by atoms with Crippen molar-refractivity contribution in [3.05, 3.63) is 58.8 Å². The first-order valence-electron chi connectivity index (χ1n) is 6.66. The van der Waals surface area contributed by atoms with Crippen LogP contribution in [-0.2, 0) is 6.54 Å². The molecule has 0 unspecified atom stereocenters. The number of hydrogen-bond acceptors (Lipinski definition) is 1. The van der Waals surface area contributed by atoms with E-state index in [4.69, 9.17) is 23.1 Å². The molecular weight excluding hydrogens is 305 g/mol. The van der Waals surface area contributed by atoms with Crippen LogP contribution in [0.3, 0.4) is 0 Å². The van der Waals surface area contributed by atoms with Crippen molar-refractivity contribution in [1.82, 2.24) is 8.97 Å². The van der Waals surface area contributed by atoms with Gasteiger partial charge in [-0.25, -0.2) is 9.38 Å². The van der Waals surface area contributed by atoms with E-state index in [0.717, 1.165) is 11.3 Å². The summed E-state index contributed by atoms with van der Waals surface area (Å²) < 4.78 is 18.3. The van der Waals surface area contributed by atoms with Gasteiger partial charge in [0.2, 0.25) is 0 Å². The van der Waals surface area contributed by atoms with Crippen LogP contribution in [0.4, 0.5) is 10.1 Å². The maximum Gasteiger partial charge on any atom is 0.191 e. The molecule has 22 heavy (non-hydrogen) atoms. The number of halogens is 2. The van der Waals surface area contributed by atoms with Gasteiger partial charge < -0.3 is 20.4 Å². The second-order valence-corrected chi connectivity index (χ2v) is 5.46. The molecule has 0 radical (unpaired) electrons. The van der Waals surface area contributed by atoms with Crippen LogP contribution in [-0.4, -0.2) is 14.9 Å². The van der Waals surface area contributed by atoms with Gasteiger partial charge in [-0.1, -0.05) is 11.6 Å². The molecule has 4 N–H and O–H groups in total. The molecule has 114 valence electrons. The molecule has 3 aromatic rings. The minimum absolute atomic E-state index is 0.140. The largest absolute Gasteiger partial charge is 0.370 e. The first-order valence-corrected chi connectivity index (χ1v) is 7.04. The second kappa shape index (κ2) is 5.38. The van der Waals surface area contributed by atoms with Gasteiger partial charge >= 0.3 is 0 Å². The Labute approximate surface area is 131 Å². The number of nitrogens with two attached hydrogens (primary N) is 2. The zero-order valence-corrected chi connectivity index (χ0v) is 12.7. The maximum atomic E-state index is 14.3. The minimum Gasteiger partial charge on any atom is -0.370 e. The van der Waals surface area contributed by atoms with Crippen molar-refractivity contribution in [1.29, 1.82) is 0 Å². The Morgan fingerprint density at radius 2 is 2.05 bits per heavy atom. The molecule has 3 rings (SSSR count). The smallest absolute Gasteiger partial charge is 0.191 e. The summed E-state index contributed by atoms with van der Waals surface area (Å²) >= 11 is 6.18. The minimum atomic E-state index is -0.442. The molecule has 0 aliphatic carbocycles. The van der Waals surface area contributed by atoms with Gasteiger partial charge in [0.1, 0.15) is 11.5 Å². The van der Waals surface area contributed by atoms with Crippen molar-refractivity contribution in [3.8, 4) is 0 Å². The van der Waals surface area contributed by atoms with Crippen LogP contribution >= 0.6 is 11.6 Å². The van der Waals surface area contributed by atoms with Crippen LogP contribution in [0, 0.1) is 12.7 Å². The predicted octanol–water partition coefficient (Wildman–Crippen LogP) is 2.79. The van der Waals surface area contributed by atoms with Crippen LogP contribution in [0.1, 0.15) is 11.3 Å². The number of aromatic nitrogens is 2. The molecule has 0 fully saturated rings. The molecule has 0 amide bonds. The third kappa shape index (κ3) is 2.53. The first-order chi connectivity index (χ1) is 10.5. The molecule has 2 heterocycles. The lowest BCUT2D eigenvalue weighted by Gasteiger charge is -2.09. The highest BCUT2D eigenvalue weighted by atomic mass is 35.5. The quantitative estimate of drug-likeness (QED) is 0.575. The van der Waals surface area contributed by atoms with Crippen LogP contribution in [0.25, 0.3) is 5.65 Å². The van der Waals surface area contributed by atoms with Gasteiger partial charge in [-0.2, -0.15) is 0 Å². The molecule has 0 aliphatic rings. The molecule has 0 atom stereocenters. The number of hydrogen-bond donors (Lipinski definition) is 2. The van der Waals surface area contributed by atoms with Crippen molar-refractivity contribution < 1.29 is 4.39 Å². The van der Waals surface area contributed by atoms with Gasteiger partial charge in [0.25, 0.3) is 0 Å². The van der Waals surface area contributed by atoms with Gasteiger partial charge in [0.15, 0.2) is 5.96 Å². The van der Waals surface area contributed by atoms with Crippen molar-refractivity contribution in [2.75, 3.05) is 0 Å². The van der Waals surface area contributed by atoms with E-state index < -0.39 is 5.82 Å². The van der Waals surface area contributed by atoms with E-state index in [9.17, 15) is 4.39 Å². The zero-order valence-electron chi connectivity index (χ0n) is 11.9. The summed E-state index contributed by atoms with van der Waals surface area (Å²) in [6.45, 7) is 2.33. The molecule has 7 heteroatoms. The van der Waals surface area contributed by atoms with Crippen molar-refractivity contribution in [3.63, 3.8) is 0 Å². The first kappa shape index (κ1) is 14.5. The lowest BCUT2D eigenvalue weighted by atomic mass is 10.2. The number of rotatable bonds is 3. The Morgan fingerprint density at radius 1 is 1.27 bits per heavy atom. The van der Waals surface area contributed by atoms with Crippen molar-refractivity contribution in [2.24, 2.45) is 16.5 Å². The van der Waals surface area contributed by atoms with Crippen molar-refractivity contribution >= 4 is 28.9 Å². The molecule has 1 aromatic carbocycles. The monoisotopic (exact) mass is 319 g/mol. The summed E-state index contributed by atoms with van der Waals surface area (Å²) in [5.41, 5.74) is 13.4. The topological polar surface area (TPSA) is 73.7 Å². The Kier molecular flexibility index (Phi) is 3.54. The Morgan fingerprint density at radius 3 is 2.73 bits per heavy atom. The highest BCUT2D eigenvalue weighted by molar-refractivity contribution is 6.31. The number of imidazole rings is 1. The molecule has 0 bridgehead atoms. The Hall–Kier alpha value is -2.47. The summed E-state index contributed by atoms with van der Waals surface area (Å²) in [6.07, 6.45) is 3.83. The lowest BCUT2D eigenvalue weighted by Crippen LogP contribution is -2.21. The maximum absolute atomic E-state index is 14.3. The van der Waals surface area contributed by atoms with Gasteiger partial charge in [-0.05, 0) is 25.1 Å². The molecule has 0 aliphatic heterocycles. The number of aryl methyl sites for hydroxylation is 1. The highest BCUT2D eigenvalue weighted by Gasteiger charge is 2.12. The van der Waals surface area contributed by atoms with Gasteiger partial charge in [-0.15, -0.1) is 0 Å². The molecule has 2 aromatic heterocycles. The zero-order chi connectivity index (χ0) is 15.9. The summed E-state index contributed by atoms with van der Waals surface area (Å²) in [7, 11) is 0. The average molecular weight is 320 g/mol. The summed E-state index contributed by atoms with van der Waals surface area (Å²) in [5, 5.41) is 0.287. The van der Waals surface area contributed by atoms with Crippen LogP contribution in [0.5, 0.6) is 0 Å². The van der Waals surface area contributed by atoms with Crippen LogP contribution in [0.15, 0.2) is 41.7 Å². The molecular formula is C15H15ClFN5. The van der Waals surface area contributed by atoms with Crippen LogP contribution < -0.4 is 11.5 Å². The second-order valence-electron chi connectivity index (χ2n) is 5.05.